The Hall–Kier alpha value is -4.30. The summed E-state index contributed by atoms with van der Waals surface area (Å²) < 4.78 is 13.3. The van der Waals surface area contributed by atoms with Gasteiger partial charge in [0, 0.05) is 22.0 Å². The van der Waals surface area contributed by atoms with Crippen molar-refractivity contribution in [1.29, 1.82) is 0 Å². The van der Waals surface area contributed by atoms with E-state index >= 15 is 0 Å². The number of benzene rings is 3. The molecule has 0 radical (unpaired) electrons. The number of amides is 1. The number of fused-ring (bicyclic) bond motifs is 2. The predicted octanol–water partition coefficient (Wildman–Crippen LogP) is 5.30. The molecule has 8 nitrogen and oxygen atoms in total. The Morgan fingerprint density at radius 2 is 1.83 bits per heavy atom. The minimum atomic E-state index is -0.554. The van der Waals surface area contributed by atoms with Crippen molar-refractivity contribution in [1.82, 2.24) is 14.8 Å². The molecule has 2 N–H and O–H groups in total. The number of anilines is 2. The molecule has 3 aromatic carbocycles. The molecule has 6 rings (SSSR count). The second kappa shape index (κ2) is 9.05. The van der Waals surface area contributed by atoms with Crippen molar-refractivity contribution >= 4 is 29.1 Å². The molecule has 180 valence electrons. The highest BCUT2D eigenvalue weighted by atomic mass is 35.5. The Morgan fingerprint density at radius 3 is 2.64 bits per heavy atom. The number of nitrogens with one attached hydrogen (secondary N) is 2. The van der Waals surface area contributed by atoms with Crippen molar-refractivity contribution < 1.29 is 14.3 Å². The van der Waals surface area contributed by atoms with Gasteiger partial charge in [-0.15, -0.1) is 5.10 Å². The molecule has 9 heteroatoms. The van der Waals surface area contributed by atoms with Crippen LogP contribution in [0.3, 0.4) is 0 Å². The Kier molecular flexibility index (Phi) is 5.58. The molecule has 1 atom stereocenters. The van der Waals surface area contributed by atoms with Gasteiger partial charge >= 0.3 is 0 Å². The lowest BCUT2D eigenvalue weighted by Gasteiger charge is -2.29. The minimum Gasteiger partial charge on any atom is -0.486 e. The van der Waals surface area contributed by atoms with E-state index in [-0.39, 0.29) is 5.91 Å². The predicted molar refractivity (Wildman–Crippen MR) is 137 cm³/mol. The van der Waals surface area contributed by atoms with Crippen molar-refractivity contribution in [2.45, 2.75) is 13.0 Å². The summed E-state index contributed by atoms with van der Waals surface area (Å²) in [4.78, 5) is 18.4. The van der Waals surface area contributed by atoms with E-state index < -0.39 is 6.04 Å². The first-order valence-corrected chi connectivity index (χ1v) is 11.9. The minimum absolute atomic E-state index is 0.274. The number of allylic oxidation sites excluding steroid dienone is 1. The van der Waals surface area contributed by atoms with Gasteiger partial charge in [0.15, 0.2) is 17.3 Å². The topological polar surface area (TPSA) is 90.3 Å². The van der Waals surface area contributed by atoms with Crippen LogP contribution in [0.25, 0.3) is 11.4 Å². The first kappa shape index (κ1) is 22.2. The van der Waals surface area contributed by atoms with Crippen LogP contribution >= 0.6 is 11.6 Å². The van der Waals surface area contributed by atoms with Gasteiger partial charge in [-0.25, -0.2) is 4.68 Å². The van der Waals surface area contributed by atoms with E-state index in [0.717, 1.165) is 11.1 Å². The lowest BCUT2D eigenvalue weighted by molar-refractivity contribution is -0.113. The van der Waals surface area contributed by atoms with Gasteiger partial charge < -0.3 is 20.1 Å². The van der Waals surface area contributed by atoms with Gasteiger partial charge in [0.1, 0.15) is 19.3 Å². The number of ether oxygens (including phenoxy) is 2. The Labute approximate surface area is 212 Å². The van der Waals surface area contributed by atoms with Crippen LogP contribution in [0.1, 0.15) is 18.5 Å². The monoisotopic (exact) mass is 499 g/mol. The summed E-state index contributed by atoms with van der Waals surface area (Å²) in [5.41, 5.74) is 3.48. The smallest absolute Gasteiger partial charge is 0.255 e. The van der Waals surface area contributed by atoms with E-state index in [1.165, 1.54) is 0 Å². The molecule has 1 amide bonds. The molecule has 3 heterocycles. The average Bonchev–Trinajstić information content (AvgIpc) is 3.31. The number of hydrogen-bond donors (Lipinski definition) is 2. The van der Waals surface area contributed by atoms with E-state index in [1.807, 2.05) is 55.5 Å². The van der Waals surface area contributed by atoms with Crippen LogP contribution in [0.15, 0.2) is 84.1 Å². The average molecular weight is 500 g/mol. The van der Waals surface area contributed by atoms with Crippen LogP contribution in [0.5, 0.6) is 11.5 Å². The molecular weight excluding hydrogens is 478 g/mol. The number of hydrogen-bond acceptors (Lipinski definition) is 6. The highest BCUT2D eigenvalue weighted by molar-refractivity contribution is 6.31. The zero-order valence-corrected chi connectivity index (χ0v) is 20.1. The maximum atomic E-state index is 13.7. The molecule has 0 spiro atoms. The number of carbonyl (C=O) groups is 1. The molecule has 2 aliphatic heterocycles. The molecule has 1 unspecified atom stereocenters. The van der Waals surface area contributed by atoms with E-state index in [1.54, 1.807) is 28.9 Å². The fourth-order valence-electron chi connectivity index (χ4n) is 4.46. The fraction of sp³-hybridized carbons (Fsp3) is 0.148. The van der Waals surface area contributed by atoms with Crippen LogP contribution < -0.4 is 20.1 Å². The molecular formula is C27H22ClN5O3. The molecule has 0 aliphatic carbocycles. The van der Waals surface area contributed by atoms with Gasteiger partial charge in [0.25, 0.3) is 5.91 Å². The Bertz CT molecular complexity index is 1500. The summed E-state index contributed by atoms with van der Waals surface area (Å²) in [7, 11) is 0. The van der Waals surface area contributed by atoms with Crippen LogP contribution in [-0.2, 0) is 4.79 Å². The second-order valence-corrected chi connectivity index (χ2v) is 8.94. The highest BCUT2D eigenvalue weighted by Gasteiger charge is 2.35. The van der Waals surface area contributed by atoms with Crippen LogP contribution in [0.2, 0.25) is 5.02 Å². The summed E-state index contributed by atoms with van der Waals surface area (Å²) in [6.07, 6.45) is 0. The molecule has 1 aromatic heterocycles. The molecule has 0 saturated carbocycles. The number of aromatic nitrogens is 3. The van der Waals surface area contributed by atoms with Gasteiger partial charge in [-0.2, -0.15) is 4.98 Å². The molecule has 0 saturated heterocycles. The van der Waals surface area contributed by atoms with E-state index in [0.29, 0.717) is 58.5 Å². The maximum Gasteiger partial charge on any atom is 0.255 e. The Balaban J connectivity index is 1.46. The summed E-state index contributed by atoms with van der Waals surface area (Å²) in [6.45, 7) is 2.82. The zero-order chi connectivity index (χ0) is 24.6. The van der Waals surface area contributed by atoms with Gasteiger partial charge in [-0.05, 0) is 42.8 Å². The quantitative estimate of drug-likeness (QED) is 0.396. The molecule has 0 bridgehead atoms. The third kappa shape index (κ3) is 4.05. The van der Waals surface area contributed by atoms with Crippen molar-refractivity contribution in [3.05, 3.63) is 94.7 Å². The fourth-order valence-corrected chi connectivity index (χ4v) is 4.65. The standard InChI is InChI=1S/C27H22ClN5O3/c1-16-23(26(34)30-20-9-5-8-19(28)15-20)24(18-10-11-21-22(14-18)36-13-12-35-21)33-27(29-16)31-25(32-33)17-6-3-2-4-7-17/h2-11,14-15,24H,12-13H2,1H3,(H,30,34)(H,29,31,32). The van der Waals surface area contributed by atoms with Crippen molar-refractivity contribution in [2.24, 2.45) is 0 Å². The first-order valence-electron chi connectivity index (χ1n) is 11.5. The number of carbonyl (C=O) groups excluding carboxylic acids is 1. The number of rotatable bonds is 4. The van der Waals surface area contributed by atoms with E-state index in [4.69, 9.17) is 31.2 Å². The lowest BCUT2D eigenvalue weighted by atomic mass is 9.94. The molecule has 4 aromatic rings. The van der Waals surface area contributed by atoms with E-state index in [9.17, 15) is 4.79 Å². The van der Waals surface area contributed by atoms with Gasteiger partial charge in [0.05, 0.1) is 5.57 Å². The summed E-state index contributed by atoms with van der Waals surface area (Å²) in [6, 6.07) is 21.9. The summed E-state index contributed by atoms with van der Waals surface area (Å²) in [5.74, 6) is 2.14. The SMILES string of the molecule is CC1=C(C(=O)Nc2cccc(Cl)c2)C(c2ccc3c(c2)OCCO3)n2nc(-c3ccccc3)nc2N1. The van der Waals surface area contributed by atoms with E-state index in [2.05, 4.69) is 10.6 Å². The molecule has 36 heavy (non-hydrogen) atoms. The third-order valence-electron chi connectivity index (χ3n) is 6.09. The van der Waals surface area contributed by atoms with Crippen LogP contribution in [0, 0.1) is 0 Å². The number of nitrogens with zero attached hydrogens (tertiary/aromatic N) is 3. The first-order chi connectivity index (χ1) is 17.6. The van der Waals surface area contributed by atoms with Gasteiger partial charge in [0.2, 0.25) is 5.95 Å². The van der Waals surface area contributed by atoms with Gasteiger partial charge in [-0.1, -0.05) is 54.1 Å². The maximum absolute atomic E-state index is 13.7. The third-order valence-corrected chi connectivity index (χ3v) is 6.33. The zero-order valence-electron chi connectivity index (χ0n) is 19.4. The lowest BCUT2D eigenvalue weighted by Crippen LogP contribution is -2.31. The van der Waals surface area contributed by atoms with Crippen molar-refractivity contribution in [2.75, 3.05) is 23.8 Å². The highest BCUT2D eigenvalue weighted by Crippen LogP contribution is 2.40. The summed E-state index contributed by atoms with van der Waals surface area (Å²) >= 11 is 6.14. The van der Waals surface area contributed by atoms with Crippen molar-refractivity contribution in [3.63, 3.8) is 0 Å². The molecule has 2 aliphatic rings. The summed E-state index contributed by atoms with van der Waals surface area (Å²) in [5, 5.41) is 11.6. The van der Waals surface area contributed by atoms with Crippen LogP contribution in [0.4, 0.5) is 11.6 Å². The number of halogens is 1. The van der Waals surface area contributed by atoms with Gasteiger partial charge in [-0.3, -0.25) is 4.79 Å². The molecule has 0 fully saturated rings. The largest absolute Gasteiger partial charge is 0.486 e. The van der Waals surface area contributed by atoms with Crippen LogP contribution in [-0.4, -0.2) is 33.9 Å². The Morgan fingerprint density at radius 1 is 1.03 bits per heavy atom. The second-order valence-electron chi connectivity index (χ2n) is 8.50. The van der Waals surface area contributed by atoms with Crippen molar-refractivity contribution in [3.8, 4) is 22.9 Å². The normalized spacial score (nSPS) is 16.2.